The maximum absolute atomic E-state index is 13.1. The molecule has 2 amide bonds. The molecule has 0 unspecified atom stereocenters. The molecule has 9 heteroatoms. The highest BCUT2D eigenvalue weighted by Gasteiger charge is 2.37. The van der Waals surface area contributed by atoms with Gasteiger partial charge in [-0.1, -0.05) is 18.2 Å². The van der Waals surface area contributed by atoms with Crippen molar-refractivity contribution >= 4 is 12.0 Å². The van der Waals surface area contributed by atoms with Gasteiger partial charge in [0.2, 0.25) is 0 Å². The van der Waals surface area contributed by atoms with Crippen LogP contribution in [0.1, 0.15) is 30.4 Å². The van der Waals surface area contributed by atoms with Crippen LogP contribution in [0, 0.1) is 0 Å². The molecule has 0 aromatic heterocycles. The molecule has 1 saturated heterocycles. The predicted octanol–water partition coefficient (Wildman–Crippen LogP) is 2.87. The van der Waals surface area contributed by atoms with E-state index in [1.807, 2.05) is 0 Å². The number of urea groups is 1. The van der Waals surface area contributed by atoms with Crippen molar-refractivity contribution in [2.45, 2.75) is 30.9 Å². The van der Waals surface area contributed by atoms with E-state index in [2.05, 4.69) is 5.32 Å². The lowest BCUT2D eigenvalue weighted by Gasteiger charge is -2.38. The summed E-state index contributed by atoms with van der Waals surface area (Å²) in [5.41, 5.74) is -0.882. The number of aliphatic carboxylic acids is 1. The van der Waals surface area contributed by atoms with Crippen LogP contribution >= 0.6 is 0 Å². The molecule has 1 aromatic rings. The van der Waals surface area contributed by atoms with Crippen LogP contribution in [0.3, 0.4) is 0 Å². The molecule has 0 aliphatic carbocycles. The number of nitrogens with one attached hydrogen (secondary N) is 1. The molecule has 6 nitrogen and oxygen atoms in total. The number of carbonyl (C=O) groups excluding carboxylic acids is 1. The first-order valence-corrected chi connectivity index (χ1v) is 8.60. The molecule has 2 N–H and O–H groups in total. The molecule has 0 radical (unpaired) electrons. The quantitative estimate of drug-likeness (QED) is 0.786. The zero-order valence-corrected chi connectivity index (χ0v) is 15.0. The van der Waals surface area contributed by atoms with Crippen molar-refractivity contribution in [1.29, 1.82) is 0 Å². The van der Waals surface area contributed by atoms with E-state index in [0.717, 1.165) is 12.1 Å². The van der Waals surface area contributed by atoms with E-state index in [1.165, 1.54) is 18.0 Å². The highest BCUT2D eigenvalue weighted by atomic mass is 19.4. The number of carboxylic acid groups (broad SMARTS) is 1. The summed E-state index contributed by atoms with van der Waals surface area (Å²) in [4.78, 5) is 24.1. The van der Waals surface area contributed by atoms with Gasteiger partial charge in [-0.25, -0.2) is 4.79 Å². The van der Waals surface area contributed by atoms with E-state index in [4.69, 9.17) is 9.84 Å². The average Bonchev–Trinajstić information content (AvgIpc) is 2.64. The summed E-state index contributed by atoms with van der Waals surface area (Å²) in [5.74, 6) is -1.01. The normalized spacial score (nSPS) is 16.6. The van der Waals surface area contributed by atoms with Gasteiger partial charge in [0, 0.05) is 38.8 Å². The smallest absolute Gasteiger partial charge is 0.416 e. The van der Waals surface area contributed by atoms with Gasteiger partial charge < -0.3 is 20.1 Å². The maximum Gasteiger partial charge on any atom is 0.416 e. The Morgan fingerprint density at radius 2 is 1.96 bits per heavy atom. The van der Waals surface area contributed by atoms with E-state index in [9.17, 15) is 22.8 Å². The highest BCUT2D eigenvalue weighted by Crippen LogP contribution is 2.37. The van der Waals surface area contributed by atoms with Crippen molar-refractivity contribution in [3.05, 3.63) is 35.4 Å². The molecule has 27 heavy (non-hydrogen) atoms. The fraction of sp³-hybridized carbons (Fsp3) is 0.556. The van der Waals surface area contributed by atoms with Crippen LogP contribution in [0.25, 0.3) is 0 Å². The molecule has 0 saturated carbocycles. The lowest BCUT2D eigenvalue weighted by atomic mass is 9.73. The van der Waals surface area contributed by atoms with E-state index >= 15 is 0 Å². The van der Waals surface area contributed by atoms with Crippen molar-refractivity contribution in [2.24, 2.45) is 0 Å². The number of ether oxygens (including phenoxy) is 1. The number of hydrogen-bond acceptors (Lipinski definition) is 3. The number of nitrogens with zero attached hydrogens (tertiary/aromatic N) is 1. The average molecular weight is 388 g/mol. The van der Waals surface area contributed by atoms with E-state index in [-0.39, 0.29) is 19.5 Å². The number of carbonyl (C=O) groups is 2. The second-order valence-corrected chi connectivity index (χ2v) is 6.70. The Balaban J connectivity index is 2.15. The van der Waals surface area contributed by atoms with Crippen molar-refractivity contribution in [1.82, 2.24) is 10.2 Å². The van der Waals surface area contributed by atoms with Crippen molar-refractivity contribution in [3.63, 3.8) is 0 Å². The van der Waals surface area contributed by atoms with Gasteiger partial charge in [-0.05, 0) is 24.5 Å². The first kappa shape index (κ1) is 21.0. The van der Waals surface area contributed by atoms with Gasteiger partial charge in [0.25, 0.3) is 0 Å². The first-order chi connectivity index (χ1) is 12.6. The molecule has 2 rings (SSSR count). The van der Waals surface area contributed by atoms with Crippen LogP contribution in [0.4, 0.5) is 18.0 Å². The molecule has 150 valence electrons. The van der Waals surface area contributed by atoms with Crippen LogP contribution in [0.5, 0.6) is 0 Å². The summed E-state index contributed by atoms with van der Waals surface area (Å²) in [6.45, 7) is 0.969. The number of alkyl halides is 3. The van der Waals surface area contributed by atoms with Gasteiger partial charge in [-0.2, -0.15) is 13.2 Å². The number of carboxylic acids is 1. The second-order valence-electron chi connectivity index (χ2n) is 6.70. The summed E-state index contributed by atoms with van der Waals surface area (Å²) in [6, 6.07) is 4.70. The standard InChI is InChI=1S/C18H23F3N2O4/c1-23(8-5-15(24)25)16(26)22-12-17(6-9-27-10-7-17)13-3-2-4-14(11-13)18(19,20)21/h2-4,11H,5-10,12H2,1H3,(H,22,26)(H,24,25). The minimum absolute atomic E-state index is 0.0425. The Morgan fingerprint density at radius 3 is 2.56 bits per heavy atom. The number of amides is 2. The zero-order valence-electron chi connectivity index (χ0n) is 15.0. The third kappa shape index (κ3) is 5.59. The highest BCUT2D eigenvalue weighted by molar-refractivity contribution is 5.75. The Morgan fingerprint density at radius 1 is 1.30 bits per heavy atom. The van der Waals surface area contributed by atoms with Crippen molar-refractivity contribution in [2.75, 3.05) is 33.4 Å². The summed E-state index contributed by atoms with van der Waals surface area (Å²) in [5, 5.41) is 11.4. The molecule has 1 aliphatic rings. The Hall–Kier alpha value is -2.29. The lowest BCUT2D eigenvalue weighted by Crippen LogP contribution is -2.48. The lowest BCUT2D eigenvalue weighted by molar-refractivity contribution is -0.138. The van der Waals surface area contributed by atoms with Gasteiger partial charge in [-0.15, -0.1) is 0 Å². The Labute approximate surface area is 155 Å². The summed E-state index contributed by atoms with van der Waals surface area (Å²) >= 11 is 0. The van der Waals surface area contributed by atoms with E-state index in [1.54, 1.807) is 6.07 Å². The van der Waals surface area contributed by atoms with Crippen LogP contribution < -0.4 is 5.32 Å². The Kier molecular flexibility index (Phi) is 6.69. The van der Waals surface area contributed by atoms with Gasteiger partial charge in [0.1, 0.15) is 0 Å². The number of benzene rings is 1. The molecular formula is C18H23F3N2O4. The molecule has 0 bridgehead atoms. The third-order valence-corrected chi connectivity index (χ3v) is 4.84. The molecular weight excluding hydrogens is 365 g/mol. The van der Waals surface area contributed by atoms with Crippen LogP contribution in [0.2, 0.25) is 0 Å². The van der Waals surface area contributed by atoms with Crippen LogP contribution in [0.15, 0.2) is 24.3 Å². The van der Waals surface area contributed by atoms with Gasteiger partial charge >= 0.3 is 18.2 Å². The third-order valence-electron chi connectivity index (χ3n) is 4.84. The fourth-order valence-electron chi connectivity index (χ4n) is 3.10. The predicted molar refractivity (Wildman–Crippen MR) is 91.5 cm³/mol. The van der Waals surface area contributed by atoms with Crippen molar-refractivity contribution < 1.29 is 32.6 Å². The monoisotopic (exact) mass is 388 g/mol. The largest absolute Gasteiger partial charge is 0.481 e. The topological polar surface area (TPSA) is 78.9 Å². The first-order valence-electron chi connectivity index (χ1n) is 8.60. The maximum atomic E-state index is 13.1. The van der Waals surface area contributed by atoms with Crippen molar-refractivity contribution in [3.8, 4) is 0 Å². The zero-order chi connectivity index (χ0) is 20.1. The minimum Gasteiger partial charge on any atom is -0.481 e. The molecule has 1 aromatic carbocycles. The van der Waals surface area contributed by atoms with Crippen LogP contribution in [-0.2, 0) is 21.1 Å². The fourth-order valence-corrected chi connectivity index (χ4v) is 3.10. The second kappa shape index (κ2) is 8.60. The van der Waals surface area contributed by atoms with Gasteiger partial charge in [-0.3, -0.25) is 4.79 Å². The molecule has 0 spiro atoms. The summed E-state index contributed by atoms with van der Waals surface area (Å²) < 4.78 is 44.6. The van der Waals surface area contributed by atoms with Gasteiger partial charge in [0.15, 0.2) is 0 Å². The Bertz CT molecular complexity index is 673. The molecule has 1 heterocycles. The SMILES string of the molecule is CN(CCC(=O)O)C(=O)NCC1(c2cccc(C(F)(F)F)c2)CCOCC1. The number of rotatable bonds is 6. The van der Waals surface area contributed by atoms with E-state index < -0.39 is 29.2 Å². The van der Waals surface area contributed by atoms with Gasteiger partial charge in [0.05, 0.1) is 12.0 Å². The number of halogens is 3. The number of hydrogen-bond donors (Lipinski definition) is 2. The summed E-state index contributed by atoms with van der Waals surface area (Å²) in [6.07, 6.45) is -3.67. The molecule has 0 atom stereocenters. The molecule has 1 fully saturated rings. The van der Waals surface area contributed by atoms with Crippen LogP contribution in [-0.4, -0.2) is 55.4 Å². The molecule has 1 aliphatic heterocycles. The van der Waals surface area contributed by atoms with E-state index in [0.29, 0.717) is 31.6 Å². The minimum atomic E-state index is -4.44. The summed E-state index contributed by atoms with van der Waals surface area (Å²) in [7, 11) is 1.47.